The molecule has 0 aliphatic carbocycles. The number of carbonyl (C=O) groups excluding carboxylic acids is 1. The average Bonchev–Trinajstić information content (AvgIpc) is 2.44. The van der Waals surface area contributed by atoms with Crippen molar-refractivity contribution < 1.29 is 27.9 Å². The summed E-state index contributed by atoms with van der Waals surface area (Å²) in [7, 11) is -2.53. The minimum Gasteiger partial charge on any atom is -0.480 e. The smallest absolute Gasteiger partial charge is 0.337 e. The summed E-state index contributed by atoms with van der Waals surface area (Å²) in [4.78, 5) is 22.1. The van der Waals surface area contributed by atoms with Gasteiger partial charge >= 0.3 is 11.9 Å². The van der Waals surface area contributed by atoms with Crippen LogP contribution in [0.4, 0.5) is 0 Å². The molecule has 0 saturated heterocycles. The molecular formula is C13H17NO6S. The average molecular weight is 315 g/mol. The van der Waals surface area contributed by atoms with E-state index in [-0.39, 0.29) is 12.2 Å². The molecule has 0 aromatic heterocycles. The van der Waals surface area contributed by atoms with Gasteiger partial charge in [-0.15, -0.1) is 0 Å². The Kier molecular flexibility index (Phi) is 5.86. The second kappa shape index (κ2) is 7.19. The fourth-order valence-corrected chi connectivity index (χ4v) is 3.06. The second-order valence-corrected chi connectivity index (χ2v) is 6.12. The van der Waals surface area contributed by atoms with Gasteiger partial charge in [0, 0.05) is 0 Å². The van der Waals surface area contributed by atoms with Gasteiger partial charge in [0.15, 0.2) is 0 Å². The molecule has 0 heterocycles. The lowest BCUT2D eigenvalue weighted by molar-refractivity contribution is -0.139. The van der Waals surface area contributed by atoms with Crippen molar-refractivity contribution in [2.24, 2.45) is 0 Å². The Morgan fingerprint density at radius 3 is 2.29 bits per heavy atom. The van der Waals surface area contributed by atoms with E-state index in [2.05, 4.69) is 9.46 Å². The first-order valence-electron chi connectivity index (χ1n) is 6.19. The molecule has 2 N–H and O–H groups in total. The molecule has 21 heavy (non-hydrogen) atoms. The summed E-state index contributed by atoms with van der Waals surface area (Å²) in [5.74, 6) is -2.10. The molecule has 1 aromatic rings. The minimum atomic E-state index is -3.78. The number of ether oxygens (including phenoxy) is 1. The topological polar surface area (TPSA) is 110 Å². The van der Waals surface area contributed by atoms with Gasteiger partial charge in [0.05, 0.1) is 18.4 Å². The van der Waals surface area contributed by atoms with Gasteiger partial charge in [-0.25, -0.2) is 17.9 Å². The predicted molar refractivity (Wildman–Crippen MR) is 75.3 cm³/mol. The summed E-state index contributed by atoms with van der Waals surface area (Å²) in [6, 6.07) is 4.71. The van der Waals surface area contributed by atoms with Crippen LogP contribution in [-0.4, -0.2) is 38.6 Å². The molecule has 1 rings (SSSR count). The lowest BCUT2D eigenvalue weighted by Crippen LogP contribution is -2.40. The summed E-state index contributed by atoms with van der Waals surface area (Å²) < 4.78 is 30.4. The number of methoxy groups -OCH3 is 1. The molecule has 1 aromatic carbocycles. The Hall–Kier alpha value is -1.93. The number of aliphatic carboxylic acids is 1. The van der Waals surface area contributed by atoms with Crippen molar-refractivity contribution in [1.82, 2.24) is 4.72 Å². The number of nitrogens with one attached hydrogen (secondary N) is 1. The van der Waals surface area contributed by atoms with Crippen molar-refractivity contribution in [3.63, 3.8) is 0 Å². The molecule has 0 saturated carbocycles. The zero-order chi connectivity index (χ0) is 16.0. The second-order valence-electron chi connectivity index (χ2n) is 4.36. The highest BCUT2D eigenvalue weighted by molar-refractivity contribution is 7.88. The highest BCUT2D eigenvalue weighted by Crippen LogP contribution is 2.09. The number of carboxylic acid groups (broad SMARTS) is 1. The van der Waals surface area contributed by atoms with Gasteiger partial charge in [-0.05, 0) is 24.1 Å². The van der Waals surface area contributed by atoms with Crippen LogP contribution in [0, 0.1) is 0 Å². The molecule has 0 aliphatic heterocycles. The minimum absolute atomic E-state index is 0.149. The number of esters is 1. The predicted octanol–water partition coefficient (Wildman–Crippen LogP) is 0.756. The number of sulfonamides is 1. The van der Waals surface area contributed by atoms with E-state index in [9.17, 15) is 18.0 Å². The van der Waals surface area contributed by atoms with E-state index in [0.29, 0.717) is 11.1 Å². The fourth-order valence-electron chi connectivity index (χ4n) is 1.64. The van der Waals surface area contributed by atoms with E-state index >= 15 is 0 Å². The summed E-state index contributed by atoms with van der Waals surface area (Å²) >= 11 is 0. The van der Waals surface area contributed by atoms with Crippen LogP contribution in [0.5, 0.6) is 0 Å². The van der Waals surface area contributed by atoms with E-state index in [0.717, 1.165) is 0 Å². The van der Waals surface area contributed by atoms with Crippen molar-refractivity contribution in [3.05, 3.63) is 35.4 Å². The van der Waals surface area contributed by atoms with Gasteiger partial charge in [-0.1, -0.05) is 19.1 Å². The molecule has 0 spiro atoms. The van der Waals surface area contributed by atoms with E-state index in [1.807, 2.05) is 0 Å². The lowest BCUT2D eigenvalue weighted by Gasteiger charge is -2.12. The lowest BCUT2D eigenvalue weighted by atomic mass is 10.1. The maximum Gasteiger partial charge on any atom is 0.337 e. The molecule has 0 amide bonds. The van der Waals surface area contributed by atoms with Gasteiger partial charge in [0.1, 0.15) is 6.04 Å². The Morgan fingerprint density at radius 2 is 1.86 bits per heavy atom. The molecule has 7 nitrogen and oxygen atoms in total. The number of benzene rings is 1. The van der Waals surface area contributed by atoms with Crippen LogP contribution in [-0.2, 0) is 25.3 Å². The molecule has 0 aliphatic rings. The Bertz CT molecular complexity index is 608. The Morgan fingerprint density at radius 1 is 1.29 bits per heavy atom. The fraction of sp³-hybridized carbons (Fsp3) is 0.385. The van der Waals surface area contributed by atoms with Gasteiger partial charge in [0.2, 0.25) is 10.0 Å². The standard InChI is InChI=1S/C13H17NO6S/c1-3-11(12(15)16)14-21(18,19)8-9-4-6-10(7-5-9)13(17)20-2/h4-7,11,14H,3,8H2,1-2H3,(H,15,16). The van der Waals surface area contributed by atoms with Gasteiger partial charge < -0.3 is 9.84 Å². The molecule has 0 fully saturated rings. The van der Waals surface area contributed by atoms with Crippen molar-refractivity contribution in [1.29, 1.82) is 0 Å². The highest BCUT2D eigenvalue weighted by Gasteiger charge is 2.22. The molecule has 0 radical (unpaired) electrons. The van der Waals surface area contributed by atoms with Crippen LogP contribution in [0.2, 0.25) is 0 Å². The normalized spacial score (nSPS) is 12.7. The number of hydrogen-bond donors (Lipinski definition) is 2. The van der Waals surface area contributed by atoms with Crippen molar-refractivity contribution >= 4 is 22.0 Å². The van der Waals surface area contributed by atoms with Gasteiger partial charge in [0.25, 0.3) is 0 Å². The summed E-state index contributed by atoms with van der Waals surface area (Å²) in [6.45, 7) is 1.58. The first-order valence-corrected chi connectivity index (χ1v) is 7.84. The highest BCUT2D eigenvalue weighted by atomic mass is 32.2. The molecule has 8 heteroatoms. The van der Waals surface area contributed by atoms with Crippen molar-refractivity contribution in [2.75, 3.05) is 7.11 Å². The van der Waals surface area contributed by atoms with Crippen molar-refractivity contribution in [2.45, 2.75) is 25.1 Å². The third kappa shape index (κ3) is 5.16. The van der Waals surface area contributed by atoms with E-state index < -0.39 is 28.0 Å². The summed E-state index contributed by atoms with van der Waals surface area (Å²) in [6.07, 6.45) is 0.149. The molecule has 1 atom stereocenters. The number of carbonyl (C=O) groups is 2. The third-order valence-corrected chi connectivity index (χ3v) is 4.12. The summed E-state index contributed by atoms with van der Waals surface area (Å²) in [5.41, 5.74) is 0.749. The van der Waals surface area contributed by atoms with Crippen molar-refractivity contribution in [3.8, 4) is 0 Å². The van der Waals surface area contributed by atoms with E-state index in [4.69, 9.17) is 5.11 Å². The third-order valence-electron chi connectivity index (χ3n) is 2.76. The van der Waals surface area contributed by atoms with Crippen LogP contribution in [0.3, 0.4) is 0 Å². The van der Waals surface area contributed by atoms with Crippen LogP contribution in [0.25, 0.3) is 0 Å². The monoisotopic (exact) mass is 315 g/mol. The molecule has 0 bridgehead atoms. The zero-order valence-corrected chi connectivity index (χ0v) is 12.5. The zero-order valence-electron chi connectivity index (χ0n) is 11.7. The van der Waals surface area contributed by atoms with Gasteiger partial charge in [-0.3, -0.25) is 4.79 Å². The molecule has 116 valence electrons. The maximum absolute atomic E-state index is 11.9. The van der Waals surface area contributed by atoms with Crippen LogP contribution in [0.15, 0.2) is 24.3 Å². The SMILES string of the molecule is CCC(NS(=O)(=O)Cc1ccc(C(=O)OC)cc1)C(=O)O. The summed E-state index contributed by atoms with van der Waals surface area (Å²) in [5, 5.41) is 8.85. The van der Waals surface area contributed by atoms with Crippen LogP contribution in [0.1, 0.15) is 29.3 Å². The van der Waals surface area contributed by atoms with Crippen LogP contribution < -0.4 is 4.72 Å². The Labute approximate surface area is 123 Å². The first kappa shape index (κ1) is 17.1. The van der Waals surface area contributed by atoms with Crippen LogP contribution >= 0.6 is 0 Å². The number of carboxylic acids is 1. The van der Waals surface area contributed by atoms with E-state index in [1.54, 1.807) is 6.92 Å². The quantitative estimate of drug-likeness (QED) is 0.719. The van der Waals surface area contributed by atoms with Gasteiger partial charge in [-0.2, -0.15) is 0 Å². The number of rotatable bonds is 7. The van der Waals surface area contributed by atoms with E-state index in [1.165, 1.54) is 31.4 Å². The largest absolute Gasteiger partial charge is 0.480 e. The number of hydrogen-bond acceptors (Lipinski definition) is 5. The Balaban J connectivity index is 2.80. The maximum atomic E-state index is 11.9. The first-order chi connectivity index (χ1) is 9.79. The molecule has 1 unspecified atom stereocenters. The molecular weight excluding hydrogens is 298 g/mol.